The summed E-state index contributed by atoms with van der Waals surface area (Å²) in [6.07, 6.45) is 0.864. The molecule has 0 aliphatic carbocycles. The van der Waals surface area contributed by atoms with Crippen molar-refractivity contribution in [2.75, 3.05) is 40.5 Å². The Kier molecular flexibility index (Phi) is 13.1. The number of methoxy groups -OCH3 is 1. The molecule has 0 fully saturated rings. The van der Waals surface area contributed by atoms with Crippen molar-refractivity contribution < 1.29 is 14.6 Å². The molecule has 160 valence electrons. The van der Waals surface area contributed by atoms with Gasteiger partial charge in [0.2, 0.25) is 0 Å². The molecule has 0 saturated carbocycles. The smallest absolute Gasteiger partial charge is 0.191 e. The lowest BCUT2D eigenvalue weighted by molar-refractivity contribution is 0.172. The van der Waals surface area contributed by atoms with E-state index in [0.29, 0.717) is 32.3 Å². The van der Waals surface area contributed by atoms with Gasteiger partial charge in [0.25, 0.3) is 0 Å². The summed E-state index contributed by atoms with van der Waals surface area (Å²) < 4.78 is 10.8. The highest BCUT2D eigenvalue weighted by molar-refractivity contribution is 14.0. The van der Waals surface area contributed by atoms with Crippen LogP contribution >= 0.6 is 24.0 Å². The Morgan fingerprint density at radius 3 is 2.55 bits per heavy atom. The Morgan fingerprint density at radius 2 is 1.86 bits per heavy atom. The molecule has 0 saturated heterocycles. The standard InChI is InChI=1S/C22H31N3O3.HI/c1-23-22(25-16-20(17-26)19-9-4-3-5-10-19)24-15-18-8-6-11-21(14-18)28-13-7-12-27-2;/h3-6,8-11,14,20,26H,7,12-13,15-17H2,1-2H3,(H2,23,24,25);1H. The van der Waals surface area contributed by atoms with Crippen LogP contribution in [0.4, 0.5) is 0 Å². The predicted molar refractivity (Wildman–Crippen MR) is 128 cm³/mol. The number of aliphatic hydroxyl groups excluding tert-OH is 1. The summed E-state index contributed by atoms with van der Waals surface area (Å²) in [7, 11) is 3.43. The van der Waals surface area contributed by atoms with Gasteiger partial charge >= 0.3 is 0 Å². The van der Waals surface area contributed by atoms with E-state index < -0.39 is 0 Å². The molecular formula is C22H32IN3O3. The maximum Gasteiger partial charge on any atom is 0.191 e. The minimum Gasteiger partial charge on any atom is -0.493 e. The van der Waals surface area contributed by atoms with Gasteiger partial charge in [-0.3, -0.25) is 4.99 Å². The highest BCUT2D eigenvalue weighted by atomic mass is 127. The van der Waals surface area contributed by atoms with Crippen LogP contribution in [0.3, 0.4) is 0 Å². The molecule has 0 aliphatic heterocycles. The molecule has 0 aliphatic rings. The second-order valence-electron chi connectivity index (χ2n) is 6.44. The van der Waals surface area contributed by atoms with Crippen molar-refractivity contribution in [3.05, 3.63) is 65.7 Å². The third-order valence-electron chi connectivity index (χ3n) is 4.35. The minimum atomic E-state index is 0. The fourth-order valence-corrected chi connectivity index (χ4v) is 2.78. The number of nitrogens with one attached hydrogen (secondary N) is 2. The summed E-state index contributed by atoms with van der Waals surface area (Å²) in [5.41, 5.74) is 2.21. The molecule has 2 rings (SSSR count). The number of nitrogens with zero attached hydrogens (tertiary/aromatic N) is 1. The van der Waals surface area contributed by atoms with Crippen LogP contribution in [0.5, 0.6) is 5.75 Å². The van der Waals surface area contributed by atoms with Gasteiger partial charge in [-0.05, 0) is 23.3 Å². The zero-order valence-corrected chi connectivity index (χ0v) is 19.5. The summed E-state index contributed by atoms with van der Waals surface area (Å²) in [6, 6.07) is 18.0. The first-order chi connectivity index (χ1) is 13.8. The van der Waals surface area contributed by atoms with E-state index in [9.17, 15) is 5.11 Å². The highest BCUT2D eigenvalue weighted by Gasteiger charge is 2.10. The molecule has 0 bridgehead atoms. The lowest BCUT2D eigenvalue weighted by Crippen LogP contribution is -2.39. The fourth-order valence-electron chi connectivity index (χ4n) is 2.78. The van der Waals surface area contributed by atoms with Crippen LogP contribution in [0.2, 0.25) is 0 Å². The average Bonchev–Trinajstić information content (AvgIpc) is 2.75. The van der Waals surface area contributed by atoms with E-state index in [1.54, 1.807) is 14.2 Å². The summed E-state index contributed by atoms with van der Waals surface area (Å²) in [5, 5.41) is 16.3. The van der Waals surface area contributed by atoms with Crippen molar-refractivity contribution in [2.24, 2.45) is 4.99 Å². The van der Waals surface area contributed by atoms with Gasteiger partial charge in [0.15, 0.2) is 5.96 Å². The van der Waals surface area contributed by atoms with E-state index in [-0.39, 0.29) is 36.5 Å². The predicted octanol–water partition coefficient (Wildman–Crippen LogP) is 3.16. The number of hydrogen-bond donors (Lipinski definition) is 3. The zero-order chi connectivity index (χ0) is 20.0. The van der Waals surface area contributed by atoms with Crippen molar-refractivity contribution in [2.45, 2.75) is 18.9 Å². The van der Waals surface area contributed by atoms with Crippen LogP contribution < -0.4 is 15.4 Å². The molecule has 29 heavy (non-hydrogen) atoms. The third kappa shape index (κ3) is 9.47. The molecule has 6 nitrogen and oxygen atoms in total. The van der Waals surface area contributed by atoms with Gasteiger partial charge in [-0.15, -0.1) is 24.0 Å². The van der Waals surface area contributed by atoms with Gasteiger partial charge < -0.3 is 25.2 Å². The lowest BCUT2D eigenvalue weighted by Gasteiger charge is -2.18. The van der Waals surface area contributed by atoms with Crippen molar-refractivity contribution in [1.29, 1.82) is 0 Å². The lowest BCUT2D eigenvalue weighted by atomic mass is 10.0. The van der Waals surface area contributed by atoms with E-state index in [4.69, 9.17) is 9.47 Å². The minimum absolute atomic E-state index is 0. The maximum atomic E-state index is 9.69. The topological polar surface area (TPSA) is 75.1 Å². The quantitative estimate of drug-likeness (QED) is 0.186. The SMILES string of the molecule is CN=C(NCc1cccc(OCCCOC)c1)NCC(CO)c1ccccc1.I. The second kappa shape index (κ2) is 15.1. The molecule has 2 aromatic carbocycles. The molecule has 0 aromatic heterocycles. The Hall–Kier alpha value is -1.84. The van der Waals surface area contributed by atoms with Crippen molar-refractivity contribution >= 4 is 29.9 Å². The van der Waals surface area contributed by atoms with Gasteiger partial charge in [0, 0.05) is 46.2 Å². The average molecular weight is 513 g/mol. The fraction of sp³-hybridized carbons (Fsp3) is 0.409. The number of ether oxygens (including phenoxy) is 2. The van der Waals surface area contributed by atoms with Crippen LogP contribution in [0.1, 0.15) is 23.5 Å². The Morgan fingerprint density at radius 1 is 1.07 bits per heavy atom. The van der Waals surface area contributed by atoms with E-state index in [1.807, 2.05) is 54.6 Å². The number of rotatable bonds is 11. The molecule has 0 spiro atoms. The summed E-state index contributed by atoms with van der Waals surface area (Å²) in [4.78, 5) is 4.26. The van der Waals surface area contributed by atoms with Crippen LogP contribution in [0.25, 0.3) is 0 Å². The molecule has 7 heteroatoms. The maximum absolute atomic E-state index is 9.69. The van der Waals surface area contributed by atoms with E-state index in [1.165, 1.54) is 0 Å². The van der Waals surface area contributed by atoms with Crippen molar-refractivity contribution in [3.8, 4) is 5.75 Å². The van der Waals surface area contributed by atoms with Gasteiger partial charge in [-0.1, -0.05) is 42.5 Å². The molecule has 0 heterocycles. The summed E-state index contributed by atoms with van der Waals surface area (Å²) in [5.74, 6) is 1.56. The molecular weight excluding hydrogens is 481 g/mol. The molecule has 1 atom stereocenters. The number of aliphatic imine (C=N–C) groups is 1. The summed E-state index contributed by atoms with van der Waals surface area (Å²) >= 11 is 0. The van der Waals surface area contributed by atoms with Crippen LogP contribution in [-0.2, 0) is 11.3 Å². The third-order valence-corrected chi connectivity index (χ3v) is 4.35. The number of halogens is 1. The molecule has 3 N–H and O–H groups in total. The van der Waals surface area contributed by atoms with Gasteiger partial charge in [-0.25, -0.2) is 0 Å². The normalized spacial score (nSPS) is 12.0. The first-order valence-electron chi connectivity index (χ1n) is 9.57. The van der Waals surface area contributed by atoms with Crippen LogP contribution in [-0.4, -0.2) is 51.6 Å². The Labute approximate surface area is 190 Å². The first-order valence-corrected chi connectivity index (χ1v) is 9.57. The largest absolute Gasteiger partial charge is 0.493 e. The zero-order valence-electron chi connectivity index (χ0n) is 17.1. The highest BCUT2D eigenvalue weighted by Crippen LogP contribution is 2.14. The first kappa shape index (κ1) is 25.2. The van der Waals surface area contributed by atoms with E-state index in [2.05, 4.69) is 15.6 Å². The molecule has 0 amide bonds. The number of hydrogen-bond acceptors (Lipinski definition) is 4. The van der Waals surface area contributed by atoms with Gasteiger partial charge in [-0.2, -0.15) is 0 Å². The van der Waals surface area contributed by atoms with E-state index >= 15 is 0 Å². The van der Waals surface area contributed by atoms with Gasteiger partial charge in [0.05, 0.1) is 13.2 Å². The molecule has 2 aromatic rings. The number of guanidine groups is 1. The van der Waals surface area contributed by atoms with E-state index in [0.717, 1.165) is 23.3 Å². The second-order valence-corrected chi connectivity index (χ2v) is 6.44. The van der Waals surface area contributed by atoms with Crippen molar-refractivity contribution in [3.63, 3.8) is 0 Å². The van der Waals surface area contributed by atoms with Crippen LogP contribution in [0, 0.1) is 0 Å². The van der Waals surface area contributed by atoms with Gasteiger partial charge in [0.1, 0.15) is 5.75 Å². The number of benzene rings is 2. The molecule has 1 unspecified atom stereocenters. The number of aliphatic hydroxyl groups is 1. The monoisotopic (exact) mass is 513 g/mol. The Bertz CT molecular complexity index is 713. The van der Waals surface area contributed by atoms with Crippen LogP contribution in [0.15, 0.2) is 59.6 Å². The molecule has 0 radical (unpaired) electrons. The Balaban J connectivity index is 0.00000420. The van der Waals surface area contributed by atoms with Crippen molar-refractivity contribution in [1.82, 2.24) is 10.6 Å². The summed E-state index contributed by atoms with van der Waals surface area (Å²) in [6.45, 7) is 2.64.